The summed E-state index contributed by atoms with van der Waals surface area (Å²) in [7, 11) is -3.22. The van der Waals surface area contributed by atoms with Crippen molar-refractivity contribution in [2.75, 3.05) is 6.26 Å². The normalized spacial score (nSPS) is 20.3. The summed E-state index contributed by atoms with van der Waals surface area (Å²) in [5.74, 6) is 0.394. The van der Waals surface area contributed by atoms with Crippen molar-refractivity contribution in [2.24, 2.45) is 0 Å². The number of nitrogens with one attached hydrogen (secondary N) is 2. The van der Waals surface area contributed by atoms with Crippen LogP contribution in [-0.4, -0.2) is 38.3 Å². The van der Waals surface area contributed by atoms with E-state index in [9.17, 15) is 13.2 Å². The highest BCUT2D eigenvalue weighted by Crippen LogP contribution is 2.23. The van der Waals surface area contributed by atoms with E-state index in [0.717, 1.165) is 32.1 Å². The number of hydrogen-bond donors (Lipinski definition) is 2. The van der Waals surface area contributed by atoms with E-state index in [2.05, 4.69) is 10.0 Å². The Morgan fingerprint density at radius 2 is 1.55 bits per heavy atom. The molecule has 0 radical (unpaired) electrons. The number of carbonyl (C=O) groups excluding carboxylic acids is 1. The highest BCUT2D eigenvalue weighted by Gasteiger charge is 2.32. The quantitative estimate of drug-likeness (QED) is 0.669. The second kappa shape index (κ2) is 11.8. The van der Waals surface area contributed by atoms with Crippen molar-refractivity contribution in [1.82, 2.24) is 10.0 Å². The largest absolute Gasteiger partial charge is 0.478 e. The third-order valence-corrected chi connectivity index (χ3v) is 5.68. The average Bonchev–Trinajstić information content (AvgIpc) is 2.54. The van der Waals surface area contributed by atoms with Gasteiger partial charge in [-0.05, 0) is 63.8 Å². The summed E-state index contributed by atoms with van der Waals surface area (Å²) in [4.78, 5) is 12.7. The van der Waals surface area contributed by atoms with Crippen LogP contribution in [0.5, 0.6) is 5.75 Å². The Morgan fingerprint density at radius 1 is 1.03 bits per heavy atom. The molecule has 8 heteroatoms. The van der Waals surface area contributed by atoms with Gasteiger partial charge in [-0.15, -0.1) is 0 Å². The molecular formula is C21H37ClN2O4S. The number of hydrogen-bond acceptors (Lipinski definition) is 4. The predicted octanol–water partition coefficient (Wildman–Crippen LogP) is 4.53. The van der Waals surface area contributed by atoms with Crippen LogP contribution in [0.3, 0.4) is 0 Å². The summed E-state index contributed by atoms with van der Waals surface area (Å²) in [5, 5.41) is 3.68. The van der Waals surface area contributed by atoms with Gasteiger partial charge in [-0.25, -0.2) is 13.1 Å². The van der Waals surface area contributed by atoms with Crippen LogP contribution in [0.25, 0.3) is 0 Å². The lowest BCUT2D eigenvalue weighted by molar-refractivity contribution is -0.135. The second-order valence-electron chi connectivity index (χ2n) is 7.69. The SMILES string of the molecule is C.C.CC(C)(Oc1ccc(Cl)cc1)C(=O)NC1CCCCC(NS(C)(=O)=O)CC1. The number of benzene rings is 1. The molecule has 0 saturated heterocycles. The molecule has 1 amide bonds. The second-order valence-corrected chi connectivity index (χ2v) is 9.90. The van der Waals surface area contributed by atoms with Crippen LogP contribution in [0.1, 0.15) is 67.2 Å². The smallest absolute Gasteiger partial charge is 0.263 e. The molecule has 1 aliphatic carbocycles. The Morgan fingerprint density at radius 3 is 2.10 bits per heavy atom. The standard InChI is InChI=1S/C19H29ClN2O4S.2CH4/c1-19(2,26-17-12-8-14(20)9-13-17)18(23)21-15-6-4-5-7-16(11-10-15)22-27(3,24)25;;/h8-9,12-13,15-16,22H,4-7,10-11H2,1-3H3,(H,21,23);2*1H4. The minimum absolute atomic E-state index is 0. The first-order valence-corrected chi connectivity index (χ1v) is 11.5. The van der Waals surface area contributed by atoms with E-state index in [4.69, 9.17) is 16.3 Å². The molecule has 1 aromatic rings. The predicted molar refractivity (Wildman–Crippen MR) is 121 cm³/mol. The number of amides is 1. The summed E-state index contributed by atoms with van der Waals surface area (Å²) in [5.41, 5.74) is -1.03. The number of sulfonamides is 1. The van der Waals surface area contributed by atoms with Gasteiger partial charge >= 0.3 is 0 Å². The van der Waals surface area contributed by atoms with Crippen molar-refractivity contribution in [3.63, 3.8) is 0 Å². The van der Waals surface area contributed by atoms with Gasteiger partial charge in [0, 0.05) is 17.1 Å². The van der Waals surface area contributed by atoms with E-state index in [1.165, 1.54) is 6.26 Å². The lowest BCUT2D eigenvalue weighted by Crippen LogP contribution is -2.50. The summed E-state index contributed by atoms with van der Waals surface area (Å²) in [6, 6.07) is 6.83. The van der Waals surface area contributed by atoms with Gasteiger partial charge < -0.3 is 10.1 Å². The lowest BCUT2D eigenvalue weighted by Gasteiger charge is -2.30. The van der Waals surface area contributed by atoms with Crippen molar-refractivity contribution < 1.29 is 17.9 Å². The summed E-state index contributed by atoms with van der Waals surface area (Å²) in [6.45, 7) is 3.46. The van der Waals surface area contributed by atoms with Gasteiger partial charge in [-0.3, -0.25) is 4.79 Å². The molecule has 2 unspecified atom stereocenters. The van der Waals surface area contributed by atoms with Crippen LogP contribution < -0.4 is 14.8 Å². The van der Waals surface area contributed by atoms with Gasteiger partial charge in [0.2, 0.25) is 10.0 Å². The molecular weight excluding hydrogens is 412 g/mol. The van der Waals surface area contributed by atoms with Crippen molar-refractivity contribution in [2.45, 2.75) is 84.9 Å². The molecule has 0 spiro atoms. The van der Waals surface area contributed by atoms with E-state index >= 15 is 0 Å². The Kier molecular flexibility index (Phi) is 11.2. The molecule has 2 atom stereocenters. The summed E-state index contributed by atoms with van der Waals surface area (Å²) < 4.78 is 31.5. The van der Waals surface area contributed by atoms with E-state index in [1.54, 1.807) is 38.1 Å². The first kappa shape index (κ1) is 27.7. The Labute approximate surface area is 181 Å². The van der Waals surface area contributed by atoms with Crippen LogP contribution >= 0.6 is 11.6 Å². The van der Waals surface area contributed by atoms with Crippen molar-refractivity contribution in [1.29, 1.82) is 0 Å². The maximum Gasteiger partial charge on any atom is 0.263 e. The monoisotopic (exact) mass is 448 g/mol. The van der Waals surface area contributed by atoms with E-state index < -0.39 is 15.6 Å². The fourth-order valence-corrected chi connectivity index (χ4v) is 4.21. The molecule has 1 fully saturated rings. The third-order valence-electron chi connectivity index (χ3n) is 4.67. The zero-order chi connectivity index (χ0) is 20.1. The molecule has 1 saturated carbocycles. The van der Waals surface area contributed by atoms with Crippen LogP contribution in [0.4, 0.5) is 0 Å². The number of carbonyl (C=O) groups is 1. The molecule has 0 heterocycles. The van der Waals surface area contributed by atoms with Gasteiger partial charge in [0.25, 0.3) is 5.91 Å². The zero-order valence-electron chi connectivity index (χ0n) is 16.1. The molecule has 2 rings (SSSR count). The van der Waals surface area contributed by atoms with Gasteiger partial charge in [0.15, 0.2) is 5.60 Å². The van der Waals surface area contributed by atoms with E-state index in [1.807, 2.05) is 0 Å². The van der Waals surface area contributed by atoms with Crippen LogP contribution in [0, 0.1) is 0 Å². The fraction of sp³-hybridized carbons (Fsp3) is 0.667. The van der Waals surface area contributed by atoms with Crippen molar-refractivity contribution >= 4 is 27.5 Å². The molecule has 0 bridgehead atoms. The van der Waals surface area contributed by atoms with Gasteiger partial charge in [-0.2, -0.15) is 0 Å². The van der Waals surface area contributed by atoms with Gasteiger partial charge in [-0.1, -0.05) is 39.3 Å². The summed E-state index contributed by atoms with van der Waals surface area (Å²) in [6.07, 6.45) is 6.22. The molecule has 1 aliphatic rings. The van der Waals surface area contributed by atoms with Crippen LogP contribution in [-0.2, 0) is 14.8 Å². The molecule has 168 valence electrons. The van der Waals surface area contributed by atoms with Crippen LogP contribution in [0.2, 0.25) is 5.02 Å². The van der Waals surface area contributed by atoms with E-state index in [0.29, 0.717) is 17.2 Å². The highest BCUT2D eigenvalue weighted by atomic mass is 35.5. The first-order valence-electron chi connectivity index (χ1n) is 9.28. The Bertz CT molecular complexity index is 736. The zero-order valence-corrected chi connectivity index (χ0v) is 17.7. The van der Waals surface area contributed by atoms with Crippen molar-refractivity contribution in [3.8, 4) is 5.75 Å². The lowest BCUT2D eigenvalue weighted by atomic mass is 9.93. The number of rotatable bonds is 6. The highest BCUT2D eigenvalue weighted by molar-refractivity contribution is 7.88. The minimum atomic E-state index is -3.22. The van der Waals surface area contributed by atoms with Crippen LogP contribution in [0.15, 0.2) is 24.3 Å². The number of halogens is 1. The molecule has 1 aromatic carbocycles. The summed E-state index contributed by atoms with van der Waals surface area (Å²) >= 11 is 5.88. The molecule has 29 heavy (non-hydrogen) atoms. The Balaban J connectivity index is 0.00000392. The van der Waals surface area contributed by atoms with E-state index in [-0.39, 0.29) is 32.8 Å². The maximum atomic E-state index is 12.7. The molecule has 0 aromatic heterocycles. The third kappa shape index (κ3) is 9.83. The Hall–Kier alpha value is -1.31. The maximum absolute atomic E-state index is 12.7. The molecule has 2 N–H and O–H groups in total. The number of ether oxygens (including phenoxy) is 1. The minimum Gasteiger partial charge on any atom is -0.478 e. The topological polar surface area (TPSA) is 84.5 Å². The average molecular weight is 449 g/mol. The van der Waals surface area contributed by atoms with Crippen molar-refractivity contribution in [3.05, 3.63) is 29.3 Å². The first-order chi connectivity index (χ1) is 12.5. The fourth-order valence-electron chi connectivity index (χ4n) is 3.24. The molecule has 0 aliphatic heterocycles. The van der Waals surface area contributed by atoms with Gasteiger partial charge in [0.05, 0.1) is 6.26 Å². The van der Waals surface area contributed by atoms with Gasteiger partial charge in [0.1, 0.15) is 5.75 Å². The molecule has 6 nitrogen and oxygen atoms in total.